The van der Waals surface area contributed by atoms with Gasteiger partial charge < -0.3 is 25.0 Å². The number of rotatable bonds is 5. The molecule has 0 bridgehead atoms. The van der Waals surface area contributed by atoms with Crippen molar-refractivity contribution in [2.75, 3.05) is 6.54 Å². The fraction of sp³-hybridized carbons (Fsp3) is 0.632. The molecule has 1 aliphatic rings. The molecule has 27 heavy (non-hydrogen) atoms. The van der Waals surface area contributed by atoms with Crippen LogP contribution in [0.2, 0.25) is 0 Å². The highest BCUT2D eigenvalue weighted by molar-refractivity contribution is 5.95. The van der Waals surface area contributed by atoms with Gasteiger partial charge in [0.25, 0.3) is 5.91 Å². The van der Waals surface area contributed by atoms with Crippen LogP contribution in [0.25, 0.3) is 0 Å². The largest absolute Gasteiger partial charge is 0.480 e. The number of amides is 2. The molecule has 0 aliphatic carbocycles. The maximum absolute atomic E-state index is 12.7. The van der Waals surface area contributed by atoms with E-state index in [1.807, 2.05) is 13.8 Å². The zero-order valence-corrected chi connectivity index (χ0v) is 16.5. The van der Waals surface area contributed by atoms with Crippen molar-refractivity contribution in [1.29, 1.82) is 0 Å². The second kappa shape index (κ2) is 8.02. The van der Waals surface area contributed by atoms with E-state index in [9.17, 15) is 19.5 Å². The molecule has 1 aromatic rings. The molecule has 8 heteroatoms. The Balaban J connectivity index is 2.14. The van der Waals surface area contributed by atoms with E-state index in [0.717, 1.165) is 0 Å². The quantitative estimate of drug-likeness (QED) is 0.728. The van der Waals surface area contributed by atoms with Gasteiger partial charge in [-0.2, -0.15) is 0 Å². The molecule has 1 unspecified atom stereocenters. The summed E-state index contributed by atoms with van der Waals surface area (Å²) in [7, 11) is 0. The maximum atomic E-state index is 12.7. The van der Waals surface area contributed by atoms with Crippen LogP contribution in [0.4, 0.5) is 4.79 Å². The molecule has 1 saturated heterocycles. The lowest BCUT2D eigenvalue weighted by Gasteiger charge is -2.25. The molecule has 2 atom stereocenters. The molecule has 1 fully saturated rings. The van der Waals surface area contributed by atoms with Crippen molar-refractivity contribution in [2.45, 2.75) is 65.1 Å². The molecule has 1 aromatic heterocycles. The number of hydrogen-bond acceptors (Lipinski definition) is 4. The lowest BCUT2D eigenvalue weighted by Crippen LogP contribution is -2.40. The van der Waals surface area contributed by atoms with E-state index >= 15 is 0 Å². The first-order valence-corrected chi connectivity index (χ1v) is 9.22. The Hall–Kier alpha value is -2.51. The maximum Gasteiger partial charge on any atom is 0.408 e. The van der Waals surface area contributed by atoms with Crippen molar-refractivity contribution in [1.82, 2.24) is 15.2 Å². The lowest BCUT2D eigenvalue weighted by molar-refractivity contribution is -0.141. The van der Waals surface area contributed by atoms with Crippen molar-refractivity contribution in [3.63, 3.8) is 0 Å². The number of aromatic nitrogens is 1. The number of carboxylic acids is 1. The highest BCUT2D eigenvalue weighted by Crippen LogP contribution is 2.24. The zero-order chi connectivity index (χ0) is 20.4. The van der Waals surface area contributed by atoms with Crippen LogP contribution in [-0.4, -0.2) is 51.1 Å². The van der Waals surface area contributed by atoms with E-state index in [0.29, 0.717) is 30.8 Å². The monoisotopic (exact) mass is 379 g/mol. The summed E-state index contributed by atoms with van der Waals surface area (Å²) in [6.45, 7) is 9.69. The number of ether oxygens (including phenoxy) is 1. The van der Waals surface area contributed by atoms with Crippen molar-refractivity contribution < 1.29 is 24.2 Å². The van der Waals surface area contributed by atoms with Crippen LogP contribution in [0, 0.1) is 5.92 Å². The average molecular weight is 379 g/mol. The molecule has 0 radical (unpaired) electrons. The van der Waals surface area contributed by atoms with Gasteiger partial charge in [0.1, 0.15) is 17.3 Å². The lowest BCUT2D eigenvalue weighted by atomic mass is 10.0. The molecule has 1 aliphatic heterocycles. The van der Waals surface area contributed by atoms with E-state index < -0.39 is 23.7 Å². The smallest absolute Gasteiger partial charge is 0.408 e. The minimum absolute atomic E-state index is 0.0534. The van der Waals surface area contributed by atoms with Crippen LogP contribution in [0.5, 0.6) is 0 Å². The van der Waals surface area contributed by atoms with Crippen LogP contribution in [0.3, 0.4) is 0 Å². The average Bonchev–Trinajstić information content (AvgIpc) is 3.19. The molecule has 8 nitrogen and oxygen atoms in total. The first-order chi connectivity index (χ1) is 12.5. The normalized spacial score (nSPS) is 18.4. The SMILES string of the molecule is CC(C)[C@H](NC(=O)OC(C)(C)C)c1ccc(C(=O)N2CCCC2C(=O)O)[nH]1. The van der Waals surface area contributed by atoms with Gasteiger partial charge in [-0.15, -0.1) is 0 Å². The molecule has 0 spiro atoms. The van der Waals surface area contributed by atoms with Gasteiger partial charge in [0.05, 0.1) is 6.04 Å². The highest BCUT2D eigenvalue weighted by Gasteiger charge is 2.35. The van der Waals surface area contributed by atoms with Gasteiger partial charge in [-0.25, -0.2) is 9.59 Å². The third-order valence-corrected chi connectivity index (χ3v) is 4.41. The molecular formula is C19H29N3O5. The van der Waals surface area contributed by atoms with Crippen molar-refractivity contribution in [3.05, 3.63) is 23.5 Å². The van der Waals surface area contributed by atoms with Gasteiger partial charge in [-0.05, 0) is 51.7 Å². The first kappa shape index (κ1) is 20.8. The predicted octanol–water partition coefficient (Wildman–Crippen LogP) is 2.93. The predicted molar refractivity (Wildman–Crippen MR) is 99.4 cm³/mol. The Labute approximate surface area is 159 Å². The van der Waals surface area contributed by atoms with Crippen molar-refractivity contribution in [3.8, 4) is 0 Å². The number of carbonyl (C=O) groups excluding carboxylic acids is 2. The van der Waals surface area contributed by atoms with E-state index in [4.69, 9.17) is 4.74 Å². The first-order valence-electron chi connectivity index (χ1n) is 9.22. The Bertz CT molecular complexity index is 704. The molecule has 0 aromatic carbocycles. The van der Waals surface area contributed by atoms with Gasteiger partial charge >= 0.3 is 12.1 Å². The fourth-order valence-electron chi connectivity index (χ4n) is 3.18. The summed E-state index contributed by atoms with van der Waals surface area (Å²) < 4.78 is 5.31. The number of carbonyl (C=O) groups is 3. The van der Waals surface area contributed by atoms with E-state index in [-0.39, 0.29) is 17.9 Å². The second-order valence-electron chi connectivity index (χ2n) is 8.19. The number of carboxylic acid groups (broad SMARTS) is 1. The van der Waals surface area contributed by atoms with Gasteiger partial charge in [0, 0.05) is 12.2 Å². The summed E-state index contributed by atoms with van der Waals surface area (Å²) in [5.74, 6) is -1.28. The summed E-state index contributed by atoms with van der Waals surface area (Å²) >= 11 is 0. The van der Waals surface area contributed by atoms with E-state index in [1.165, 1.54) is 4.90 Å². The second-order valence-corrected chi connectivity index (χ2v) is 8.19. The van der Waals surface area contributed by atoms with E-state index in [2.05, 4.69) is 10.3 Å². The third kappa shape index (κ3) is 5.24. The Morgan fingerprint density at radius 1 is 1.30 bits per heavy atom. The zero-order valence-electron chi connectivity index (χ0n) is 16.5. The summed E-state index contributed by atoms with van der Waals surface area (Å²) in [4.78, 5) is 40.6. The number of likely N-dealkylation sites (tertiary alicyclic amines) is 1. The number of nitrogens with one attached hydrogen (secondary N) is 2. The Morgan fingerprint density at radius 3 is 2.52 bits per heavy atom. The van der Waals surface area contributed by atoms with Gasteiger partial charge in [0.2, 0.25) is 0 Å². The third-order valence-electron chi connectivity index (χ3n) is 4.41. The van der Waals surface area contributed by atoms with Crippen LogP contribution in [-0.2, 0) is 9.53 Å². The van der Waals surface area contributed by atoms with Gasteiger partial charge in [-0.1, -0.05) is 13.8 Å². The Morgan fingerprint density at radius 2 is 1.96 bits per heavy atom. The fourth-order valence-corrected chi connectivity index (χ4v) is 3.18. The van der Waals surface area contributed by atoms with Crippen LogP contribution in [0.1, 0.15) is 69.7 Å². The molecule has 2 heterocycles. The molecule has 150 valence electrons. The van der Waals surface area contributed by atoms with Crippen LogP contribution >= 0.6 is 0 Å². The van der Waals surface area contributed by atoms with E-state index in [1.54, 1.807) is 32.9 Å². The van der Waals surface area contributed by atoms with Crippen LogP contribution < -0.4 is 5.32 Å². The number of hydrogen-bond donors (Lipinski definition) is 3. The molecule has 2 amide bonds. The standard InChI is InChI=1S/C19H29N3O5/c1-11(2)15(21-18(26)27-19(3,4)5)12-8-9-13(20-12)16(23)22-10-6-7-14(22)17(24)25/h8-9,11,14-15,20H,6-7,10H2,1-5H3,(H,21,26)(H,24,25)/t14?,15-/m0/s1. The number of alkyl carbamates (subject to hydrolysis) is 1. The number of H-pyrrole nitrogens is 1. The molecule has 0 saturated carbocycles. The van der Waals surface area contributed by atoms with Crippen molar-refractivity contribution in [2.24, 2.45) is 5.92 Å². The molecule has 2 rings (SSSR count). The van der Waals surface area contributed by atoms with Crippen molar-refractivity contribution >= 4 is 18.0 Å². The number of aromatic amines is 1. The highest BCUT2D eigenvalue weighted by atomic mass is 16.6. The van der Waals surface area contributed by atoms with Gasteiger partial charge in [-0.3, -0.25) is 4.79 Å². The number of aliphatic carboxylic acids is 1. The summed E-state index contributed by atoms with van der Waals surface area (Å²) in [6.07, 6.45) is 0.600. The minimum atomic E-state index is -0.987. The minimum Gasteiger partial charge on any atom is -0.480 e. The molecular weight excluding hydrogens is 350 g/mol. The molecule has 3 N–H and O–H groups in total. The summed E-state index contributed by atoms with van der Waals surface area (Å²) in [5, 5.41) is 12.1. The number of nitrogens with zero attached hydrogens (tertiary/aromatic N) is 1. The topological polar surface area (TPSA) is 112 Å². The summed E-state index contributed by atoms with van der Waals surface area (Å²) in [6, 6.07) is 2.21. The van der Waals surface area contributed by atoms with Gasteiger partial charge in [0.15, 0.2) is 0 Å². The summed E-state index contributed by atoms with van der Waals surface area (Å²) in [5.41, 5.74) is 0.379. The van der Waals surface area contributed by atoms with Crippen LogP contribution in [0.15, 0.2) is 12.1 Å². The Kier molecular flexibility index (Phi) is 6.18.